The largest absolute Gasteiger partial charge is 0.492 e. The van der Waals surface area contributed by atoms with E-state index in [1.54, 1.807) is 18.5 Å². The number of nitrogens with zero attached hydrogens (tertiary/aromatic N) is 1. The van der Waals surface area contributed by atoms with E-state index in [4.69, 9.17) is 4.74 Å². The van der Waals surface area contributed by atoms with Crippen LogP contribution in [0.1, 0.15) is 42.1 Å². The second-order valence-corrected chi connectivity index (χ2v) is 4.58. The molecule has 1 atom stereocenters. The maximum Gasteiger partial charge on any atom is 0.171 e. The van der Waals surface area contributed by atoms with Crippen molar-refractivity contribution < 1.29 is 9.53 Å². The summed E-state index contributed by atoms with van der Waals surface area (Å²) in [6, 6.07) is 11.6. The van der Waals surface area contributed by atoms with Gasteiger partial charge in [0.15, 0.2) is 5.78 Å². The van der Waals surface area contributed by atoms with Crippen molar-refractivity contribution in [3.63, 3.8) is 0 Å². The van der Waals surface area contributed by atoms with E-state index in [2.05, 4.69) is 4.98 Å². The van der Waals surface area contributed by atoms with Crippen LogP contribution in [0.3, 0.4) is 0 Å². The Kier molecular flexibility index (Phi) is 4.88. The molecule has 0 spiro atoms. The summed E-state index contributed by atoms with van der Waals surface area (Å²) in [6.45, 7) is 4.50. The van der Waals surface area contributed by atoms with Gasteiger partial charge in [-0.05, 0) is 25.0 Å². The van der Waals surface area contributed by atoms with Crippen molar-refractivity contribution >= 4 is 5.78 Å². The standard InChI is InChI=1S/C17H19NO2/c1-3-16(13-8-6-5-7-9-13)17(19)14-10-15(20-4-2)12-18-11-14/h5-12,16H,3-4H2,1-2H3. The molecule has 2 aromatic rings. The molecule has 0 bridgehead atoms. The minimum atomic E-state index is -0.130. The Bertz CT molecular complexity index is 566. The zero-order valence-corrected chi connectivity index (χ0v) is 11.9. The van der Waals surface area contributed by atoms with Gasteiger partial charge in [-0.2, -0.15) is 0 Å². The first kappa shape index (κ1) is 14.3. The third-order valence-corrected chi connectivity index (χ3v) is 3.24. The smallest absolute Gasteiger partial charge is 0.171 e. The molecule has 0 saturated heterocycles. The van der Waals surface area contributed by atoms with Crippen molar-refractivity contribution in [2.24, 2.45) is 0 Å². The Balaban J connectivity index is 2.27. The van der Waals surface area contributed by atoms with Crippen LogP contribution in [0.15, 0.2) is 48.8 Å². The molecule has 2 rings (SSSR count). The number of rotatable bonds is 6. The molecule has 0 fully saturated rings. The topological polar surface area (TPSA) is 39.2 Å². The molecule has 0 aliphatic heterocycles. The molecule has 1 aromatic heterocycles. The van der Waals surface area contributed by atoms with Crippen LogP contribution < -0.4 is 4.74 Å². The summed E-state index contributed by atoms with van der Waals surface area (Å²) in [6.07, 6.45) is 4.00. The van der Waals surface area contributed by atoms with Gasteiger partial charge in [0.05, 0.1) is 12.8 Å². The number of benzene rings is 1. The summed E-state index contributed by atoms with van der Waals surface area (Å²) in [5, 5.41) is 0. The van der Waals surface area contributed by atoms with Crippen molar-refractivity contribution in [2.75, 3.05) is 6.61 Å². The average molecular weight is 269 g/mol. The van der Waals surface area contributed by atoms with Gasteiger partial charge in [-0.15, -0.1) is 0 Å². The van der Waals surface area contributed by atoms with Gasteiger partial charge in [-0.25, -0.2) is 0 Å². The monoisotopic (exact) mass is 269 g/mol. The van der Waals surface area contributed by atoms with Crippen LogP contribution in [-0.2, 0) is 0 Å². The maximum atomic E-state index is 12.6. The van der Waals surface area contributed by atoms with Crippen LogP contribution >= 0.6 is 0 Å². The Morgan fingerprint density at radius 3 is 2.60 bits per heavy atom. The molecule has 1 heterocycles. The molecule has 0 aliphatic carbocycles. The number of ketones is 1. The predicted octanol–water partition coefficient (Wildman–Crippen LogP) is 3.86. The molecular formula is C17H19NO2. The summed E-state index contributed by atoms with van der Waals surface area (Å²) in [5.74, 6) is 0.601. The van der Waals surface area contributed by atoms with Gasteiger partial charge in [0.1, 0.15) is 5.75 Å². The van der Waals surface area contributed by atoms with E-state index in [1.165, 1.54) is 0 Å². The van der Waals surface area contributed by atoms with Gasteiger partial charge in [0, 0.05) is 17.7 Å². The van der Waals surface area contributed by atoms with Crippen LogP contribution in [0, 0.1) is 0 Å². The molecule has 0 radical (unpaired) electrons. The minimum absolute atomic E-state index is 0.0905. The third-order valence-electron chi connectivity index (χ3n) is 3.24. The van der Waals surface area contributed by atoms with Gasteiger partial charge < -0.3 is 4.74 Å². The van der Waals surface area contributed by atoms with Crippen molar-refractivity contribution in [1.82, 2.24) is 4.98 Å². The lowest BCUT2D eigenvalue weighted by molar-refractivity contribution is 0.0956. The fraction of sp³-hybridized carbons (Fsp3) is 0.294. The molecule has 104 valence electrons. The van der Waals surface area contributed by atoms with Gasteiger partial charge in [0.25, 0.3) is 0 Å². The predicted molar refractivity (Wildman–Crippen MR) is 79.2 cm³/mol. The molecule has 3 heteroatoms. The Morgan fingerprint density at radius 2 is 1.95 bits per heavy atom. The highest BCUT2D eigenvalue weighted by molar-refractivity contribution is 6.00. The lowest BCUT2D eigenvalue weighted by Crippen LogP contribution is -2.12. The number of carbonyl (C=O) groups is 1. The summed E-state index contributed by atoms with van der Waals surface area (Å²) in [4.78, 5) is 16.7. The lowest BCUT2D eigenvalue weighted by Gasteiger charge is -2.14. The van der Waals surface area contributed by atoms with E-state index >= 15 is 0 Å². The molecule has 0 N–H and O–H groups in total. The molecular weight excluding hydrogens is 250 g/mol. The Labute approximate surface area is 119 Å². The van der Waals surface area contributed by atoms with E-state index in [-0.39, 0.29) is 11.7 Å². The first-order chi connectivity index (χ1) is 9.76. The summed E-state index contributed by atoms with van der Waals surface area (Å²) < 4.78 is 5.40. The molecule has 20 heavy (non-hydrogen) atoms. The van der Waals surface area contributed by atoms with Crippen molar-refractivity contribution in [1.29, 1.82) is 0 Å². The van der Waals surface area contributed by atoms with E-state index in [1.807, 2.05) is 44.2 Å². The summed E-state index contributed by atoms with van der Waals surface area (Å²) in [5.41, 5.74) is 1.65. The highest BCUT2D eigenvalue weighted by Gasteiger charge is 2.20. The number of ether oxygens (including phenoxy) is 1. The normalized spacial score (nSPS) is 11.9. The number of aromatic nitrogens is 1. The number of hydrogen-bond donors (Lipinski definition) is 0. The van der Waals surface area contributed by atoms with E-state index in [0.29, 0.717) is 17.9 Å². The highest BCUT2D eigenvalue weighted by atomic mass is 16.5. The van der Waals surface area contributed by atoms with Gasteiger partial charge in [0.2, 0.25) is 0 Å². The van der Waals surface area contributed by atoms with Crippen molar-refractivity contribution in [3.05, 3.63) is 59.9 Å². The fourth-order valence-electron chi connectivity index (χ4n) is 2.26. The zero-order valence-electron chi connectivity index (χ0n) is 11.9. The Morgan fingerprint density at radius 1 is 1.20 bits per heavy atom. The average Bonchev–Trinajstić information content (AvgIpc) is 2.50. The van der Waals surface area contributed by atoms with Crippen molar-refractivity contribution in [3.8, 4) is 5.75 Å². The van der Waals surface area contributed by atoms with Crippen LogP contribution in [0.2, 0.25) is 0 Å². The molecule has 3 nitrogen and oxygen atoms in total. The first-order valence-electron chi connectivity index (χ1n) is 6.93. The lowest BCUT2D eigenvalue weighted by atomic mass is 9.89. The van der Waals surface area contributed by atoms with Gasteiger partial charge in [-0.1, -0.05) is 37.3 Å². The highest BCUT2D eigenvalue weighted by Crippen LogP contribution is 2.25. The molecule has 0 amide bonds. The van der Waals surface area contributed by atoms with Crippen LogP contribution in [0.4, 0.5) is 0 Å². The van der Waals surface area contributed by atoms with Gasteiger partial charge in [-0.3, -0.25) is 9.78 Å². The number of carbonyl (C=O) groups excluding carboxylic acids is 1. The first-order valence-corrected chi connectivity index (χ1v) is 6.93. The maximum absolute atomic E-state index is 12.6. The SMILES string of the molecule is CCOc1cncc(C(=O)C(CC)c2ccccc2)c1. The zero-order chi connectivity index (χ0) is 14.4. The number of hydrogen-bond acceptors (Lipinski definition) is 3. The van der Waals surface area contributed by atoms with Gasteiger partial charge >= 0.3 is 0 Å². The summed E-state index contributed by atoms with van der Waals surface area (Å²) >= 11 is 0. The fourth-order valence-corrected chi connectivity index (χ4v) is 2.26. The Hall–Kier alpha value is -2.16. The molecule has 0 saturated carbocycles. The van der Waals surface area contributed by atoms with E-state index in [0.717, 1.165) is 12.0 Å². The molecule has 1 aromatic carbocycles. The second-order valence-electron chi connectivity index (χ2n) is 4.58. The second kappa shape index (κ2) is 6.85. The van der Waals surface area contributed by atoms with Crippen LogP contribution in [0.25, 0.3) is 0 Å². The number of Topliss-reactive ketones (excluding diaryl/α,β-unsaturated/α-hetero) is 1. The molecule has 1 unspecified atom stereocenters. The van der Waals surface area contributed by atoms with Crippen LogP contribution in [-0.4, -0.2) is 17.4 Å². The quantitative estimate of drug-likeness (QED) is 0.747. The molecule has 0 aliphatic rings. The summed E-state index contributed by atoms with van der Waals surface area (Å²) in [7, 11) is 0. The van der Waals surface area contributed by atoms with E-state index < -0.39 is 0 Å². The minimum Gasteiger partial charge on any atom is -0.492 e. The number of pyridine rings is 1. The van der Waals surface area contributed by atoms with Crippen molar-refractivity contribution in [2.45, 2.75) is 26.2 Å². The third kappa shape index (κ3) is 3.23. The van der Waals surface area contributed by atoms with E-state index in [9.17, 15) is 4.79 Å². The van der Waals surface area contributed by atoms with Crippen LogP contribution in [0.5, 0.6) is 5.75 Å².